The normalized spacial score (nSPS) is 11.0. The molecule has 0 heterocycles. The van der Waals surface area contributed by atoms with Crippen LogP contribution in [0.3, 0.4) is 0 Å². The first-order valence-corrected chi connectivity index (χ1v) is 9.98. The van der Waals surface area contributed by atoms with Gasteiger partial charge in [-0.2, -0.15) is 0 Å². The highest BCUT2D eigenvalue weighted by molar-refractivity contribution is 8.00. The van der Waals surface area contributed by atoms with Crippen LogP contribution in [0.25, 0.3) is 0 Å². The van der Waals surface area contributed by atoms with E-state index in [1.54, 1.807) is 0 Å². The molecular weight excluding hydrogens is 376 g/mol. The molecule has 0 bridgehead atoms. The summed E-state index contributed by atoms with van der Waals surface area (Å²) >= 11 is 1.27. The van der Waals surface area contributed by atoms with Gasteiger partial charge in [0.15, 0.2) is 0 Å². The molecule has 0 aromatic heterocycles. The Morgan fingerprint density at radius 3 is 2.38 bits per heavy atom. The van der Waals surface area contributed by atoms with Crippen molar-refractivity contribution in [1.29, 1.82) is 0 Å². The highest BCUT2D eigenvalue weighted by atomic mass is 32.2. The molecule has 2 N–H and O–H groups in total. The molecule has 0 atom stereocenters. The topological polar surface area (TPSA) is 102 Å². The number of rotatable bonds is 7. The average molecular weight is 394 g/mol. The molecule has 2 rings (SSSR count). The molecule has 0 saturated heterocycles. The summed E-state index contributed by atoms with van der Waals surface area (Å²) in [6.07, 6.45) is 0. The van der Waals surface area contributed by atoms with E-state index < -0.39 is 21.9 Å². The number of hydrogen-bond acceptors (Lipinski definition) is 6. The van der Waals surface area contributed by atoms with Gasteiger partial charge in [-0.1, -0.05) is 29.8 Å². The molecule has 0 aliphatic rings. The number of hydrogen-bond donors (Lipinski definition) is 2. The van der Waals surface area contributed by atoms with Crippen molar-refractivity contribution >= 4 is 33.7 Å². The SMILES string of the molecule is COC(=O)c1ccccc1S(=O)(=O)NNC(=O)CSc1ccc(C)cc1. The number of benzene rings is 2. The Morgan fingerprint density at radius 1 is 1.08 bits per heavy atom. The molecule has 138 valence electrons. The van der Waals surface area contributed by atoms with Crippen molar-refractivity contribution in [2.24, 2.45) is 0 Å². The number of esters is 1. The fourth-order valence-corrected chi connectivity index (χ4v) is 3.73. The van der Waals surface area contributed by atoms with Gasteiger partial charge in [0.2, 0.25) is 5.91 Å². The molecule has 0 spiro atoms. The Morgan fingerprint density at radius 2 is 1.73 bits per heavy atom. The van der Waals surface area contributed by atoms with E-state index in [0.29, 0.717) is 0 Å². The van der Waals surface area contributed by atoms with Gasteiger partial charge in [0.05, 0.1) is 23.3 Å². The maximum atomic E-state index is 12.3. The number of carbonyl (C=O) groups is 2. The molecule has 2 aromatic carbocycles. The van der Waals surface area contributed by atoms with E-state index in [9.17, 15) is 18.0 Å². The minimum absolute atomic E-state index is 0.0320. The number of sulfonamides is 1. The summed E-state index contributed by atoms with van der Waals surface area (Å²) in [5.41, 5.74) is 3.12. The third-order valence-corrected chi connectivity index (χ3v) is 5.62. The number of carbonyl (C=O) groups excluding carboxylic acids is 2. The van der Waals surface area contributed by atoms with Crippen LogP contribution in [0.4, 0.5) is 0 Å². The fraction of sp³-hybridized carbons (Fsp3) is 0.176. The van der Waals surface area contributed by atoms with Crippen LogP contribution in [0.15, 0.2) is 58.3 Å². The Balaban J connectivity index is 1.98. The van der Waals surface area contributed by atoms with Gasteiger partial charge in [-0.05, 0) is 31.2 Å². The van der Waals surface area contributed by atoms with Crippen LogP contribution in [0.1, 0.15) is 15.9 Å². The van der Waals surface area contributed by atoms with Crippen molar-refractivity contribution in [3.63, 3.8) is 0 Å². The van der Waals surface area contributed by atoms with Crippen LogP contribution in [0.2, 0.25) is 0 Å². The molecule has 2 aromatic rings. The molecule has 1 amide bonds. The van der Waals surface area contributed by atoms with Gasteiger partial charge in [-0.25, -0.2) is 13.2 Å². The summed E-state index contributed by atoms with van der Waals surface area (Å²) < 4.78 is 29.3. The summed E-state index contributed by atoms with van der Waals surface area (Å²) in [5, 5.41) is 0. The smallest absolute Gasteiger partial charge is 0.339 e. The van der Waals surface area contributed by atoms with E-state index in [-0.39, 0.29) is 16.2 Å². The standard InChI is InChI=1S/C17H18N2O5S2/c1-12-7-9-13(10-8-12)25-11-16(20)18-19-26(22,23)15-6-4-3-5-14(15)17(21)24-2/h3-10,19H,11H2,1-2H3,(H,18,20). The molecule has 0 fully saturated rings. The van der Waals surface area contributed by atoms with Gasteiger partial charge in [0, 0.05) is 4.90 Å². The summed E-state index contributed by atoms with van der Waals surface area (Å²) in [5.74, 6) is -1.27. The van der Waals surface area contributed by atoms with Crippen molar-refractivity contribution in [2.45, 2.75) is 16.7 Å². The van der Waals surface area contributed by atoms with Crippen molar-refractivity contribution in [2.75, 3.05) is 12.9 Å². The minimum atomic E-state index is -4.12. The first kappa shape index (κ1) is 20.0. The van der Waals surface area contributed by atoms with Crippen LogP contribution >= 0.6 is 11.8 Å². The molecule has 0 saturated carbocycles. The lowest BCUT2D eigenvalue weighted by molar-refractivity contribution is -0.119. The molecule has 7 nitrogen and oxygen atoms in total. The number of methoxy groups -OCH3 is 1. The number of amides is 1. The largest absolute Gasteiger partial charge is 0.465 e. The Bertz CT molecular complexity index is 896. The molecule has 0 radical (unpaired) electrons. The summed E-state index contributed by atoms with van der Waals surface area (Å²) in [6.45, 7) is 1.96. The Hall–Kier alpha value is -2.36. The van der Waals surface area contributed by atoms with Gasteiger partial charge in [-0.15, -0.1) is 16.6 Å². The van der Waals surface area contributed by atoms with E-state index >= 15 is 0 Å². The second-order valence-corrected chi connectivity index (χ2v) is 7.94. The van der Waals surface area contributed by atoms with Crippen molar-refractivity contribution in [3.8, 4) is 0 Å². The number of aryl methyl sites for hydroxylation is 1. The van der Waals surface area contributed by atoms with E-state index in [2.05, 4.69) is 10.2 Å². The zero-order valence-corrected chi connectivity index (χ0v) is 15.8. The third kappa shape index (κ3) is 5.32. The van der Waals surface area contributed by atoms with E-state index in [0.717, 1.165) is 17.6 Å². The first-order valence-electron chi connectivity index (χ1n) is 7.51. The molecule has 9 heteroatoms. The lowest BCUT2D eigenvalue weighted by Crippen LogP contribution is -2.42. The number of ether oxygens (including phenoxy) is 1. The number of nitrogens with one attached hydrogen (secondary N) is 2. The van der Waals surface area contributed by atoms with Crippen LogP contribution < -0.4 is 10.3 Å². The lowest BCUT2D eigenvalue weighted by Gasteiger charge is -2.11. The van der Waals surface area contributed by atoms with Crippen LogP contribution in [0.5, 0.6) is 0 Å². The minimum Gasteiger partial charge on any atom is -0.465 e. The predicted octanol–water partition coefficient (Wildman–Crippen LogP) is 1.88. The van der Waals surface area contributed by atoms with Gasteiger partial charge >= 0.3 is 5.97 Å². The maximum Gasteiger partial charge on any atom is 0.339 e. The quantitative estimate of drug-likeness (QED) is 0.422. The maximum absolute atomic E-state index is 12.3. The third-order valence-electron chi connectivity index (χ3n) is 3.30. The van der Waals surface area contributed by atoms with Crippen molar-refractivity contribution in [3.05, 3.63) is 59.7 Å². The zero-order valence-electron chi connectivity index (χ0n) is 14.2. The van der Waals surface area contributed by atoms with Crippen molar-refractivity contribution < 1.29 is 22.7 Å². The van der Waals surface area contributed by atoms with Gasteiger partial charge in [0.1, 0.15) is 0 Å². The van der Waals surface area contributed by atoms with E-state index in [1.807, 2.05) is 36.0 Å². The number of thioether (sulfide) groups is 1. The molecule has 26 heavy (non-hydrogen) atoms. The van der Waals surface area contributed by atoms with E-state index in [1.165, 1.54) is 36.0 Å². The summed E-state index contributed by atoms with van der Waals surface area (Å²) in [6, 6.07) is 13.2. The Labute approximate surface area is 156 Å². The van der Waals surface area contributed by atoms with Gasteiger partial charge < -0.3 is 4.74 Å². The van der Waals surface area contributed by atoms with Crippen LogP contribution in [-0.2, 0) is 19.6 Å². The summed E-state index contributed by atoms with van der Waals surface area (Å²) in [7, 11) is -2.97. The van der Waals surface area contributed by atoms with Crippen LogP contribution in [0, 0.1) is 6.92 Å². The Kier molecular flexibility index (Phi) is 6.78. The van der Waals surface area contributed by atoms with Crippen LogP contribution in [-0.4, -0.2) is 33.2 Å². The first-order chi connectivity index (χ1) is 12.3. The fourth-order valence-electron chi connectivity index (χ4n) is 1.98. The zero-order chi connectivity index (χ0) is 19.2. The second-order valence-electron chi connectivity index (χ2n) is 5.24. The van der Waals surface area contributed by atoms with Gasteiger partial charge in [-0.3, -0.25) is 10.2 Å². The van der Waals surface area contributed by atoms with Crippen molar-refractivity contribution in [1.82, 2.24) is 10.3 Å². The molecule has 0 aliphatic heterocycles. The summed E-state index contributed by atoms with van der Waals surface area (Å²) in [4.78, 5) is 26.2. The highest BCUT2D eigenvalue weighted by Crippen LogP contribution is 2.18. The second kappa shape index (κ2) is 8.84. The molecule has 0 unspecified atom stereocenters. The van der Waals surface area contributed by atoms with E-state index in [4.69, 9.17) is 0 Å². The highest BCUT2D eigenvalue weighted by Gasteiger charge is 2.23. The monoisotopic (exact) mass is 394 g/mol. The molecule has 0 aliphatic carbocycles. The lowest BCUT2D eigenvalue weighted by atomic mass is 10.2. The molecular formula is C17H18N2O5S2. The number of hydrazine groups is 1. The van der Waals surface area contributed by atoms with Gasteiger partial charge in [0.25, 0.3) is 10.0 Å². The predicted molar refractivity (Wildman–Crippen MR) is 98.1 cm³/mol. The average Bonchev–Trinajstić information content (AvgIpc) is 2.65.